The van der Waals surface area contributed by atoms with E-state index in [-0.39, 0.29) is 16.3 Å². The van der Waals surface area contributed by atoms with Crippen molar-refractivity contribution < 1.29 is 18.3 Å². The Labute approximate surface area is 144 Å². The van der Waals surface area contributed by atoms with Crippen molar-refractivity contribution in [2.24, 2.45) is 0 Å². The summed E-state index contributed by atoms with van der Waals surface area (Å²) >= 11 is 0. The molecule has 0 spiro atoms. The zero-order chi connectivity index (χ0) is 17.8. The van der Waals surface area contributed by atoms with Crippen LogP contribution in [0.15, 0.2) is 65.6 Å². The zero-order valence-corrected chi connectivity index (χ0v) is 14.1. The van der Waals surface area contributed by atoms with Gasteiger partial charge in [-0.2, -0.15) is 4.31 Å². The van der Waals surface area contributed by atoms with Crippen molar-refractivity contribution in [3.63, 3.8) is 0 Å². The van der Waals surface area contributed by atoms with Gasteiger partial charge in [-0.1, -0.05) is 36.4 Å². The van der Waals surface area contributed by atoms with Crippen LogP contribution < -0.4 is 9.21 Å². The number of fused-ring (bicyclic) bond motifs is 2. The van der Waals surface area contributed by atoms with Crippen LogP contribution in [0.1, 0.15) is 0 Å². The van der Waals surface area contributed by atoms with Gasteiger partial charge in [0.15, 0.2) is 0 Å². The average Bonchev–Trinajstić information content (AvgIpc) is 2.60. The van der Waals surface area contributed by atoms with Gasteiger partial charge in [-0.15, -0.1) is 0 Å². The molecule has 1 heterocycles. The monoisotopic (exact) mass is 354 g/mol. The number of anilines is 2. The van der Waals surface area contributed by atoms with Gasteiger partial charge in [-0.3, -0.25) is 4.90 Å². The standard InChI is InChI=1S/C18H14N2O4S/c1-19-16-11-13(21)9-10-17(16)25(23,24)20(18(19)22)15-8-4-6-12-5-2-3-7-14(12)15/h2-11,21H,1H3. The minimum Gasteiger partial charge on any atom is -0.508 e. The predicted molar refractivity (Wildman–Crippen MR) is 95.5 cm³/mol. The number of carbonyl (C=O) groups is 1. The van der Waals surface area contributed by atoms with Crippen molar-refractivity contribution in [2.75, 3.05) is 16.3 Å². The topological polar surface area (TPSA) is 77.9 Å². The van der Waals surface area contributed by atoms with Gasteiger partial charge < -0.3 is 5.11 Å². The lowest BCUT2D eigenvalue weighted by atomic mass is 10.1. The van der Waals surface area contributed by atoms with Gasteiger partial charge in [-0.25, -0.2) is 13.2 Å². The lowest BCUT2D eigenvalue weighted by Crippen LogP contribution is -2.49. The normalized spacial score (nSPS) is 16.1. The molecule has 0 fully saturated rings. The van der Waals surface area contributed by atoms with Crippen molar-refractivity contribution in [1.82, 2.24) is 0 Å². The molecule has 4 rings (SSSR count). The second kappa shape index (κ2) is 5.22. The maximum Gasteiger partial charge on any atom is 0.342 e. The number of urea groups is 1. The molecule has 25 heavy (non-hydrogen) atoms. The van der Waals surface area contributed by atoms with Gasteiger partial charge in [0, 0.05) is 18.5 Å². The lowest BCUT2D eigenvalue weighted by Gasteiger charge is -2.34. The first kappa shape index (κ1) is 15.5. The fourth-order valence-corrected chi connectivity index (χ4v) is 4.69. The van der Waals surface area contributed by atoms with E-state index in [0.717, 1.165) is 9.69 Å². The van der Waals surface area contributed by atoms with Gasteiger partial charge in [0.05, 0.1) is 11.4 Å². The van der Waals surface area contributed by atoms with E-state index in [1.54, 1.807) is 24.3 Å². The highest BCUT2D eigenvalue weighted by Crippen LogP contribution is 2.40. The van der Waals surface area contributed by atoms with Crippen molar-refractivity contribution in [3.8, 4) is 5.75 Å². The number of aromatic hydroxyl groups is 1. The Hall–Kier alpha value is -3.06. The maximum absolute atomic E-state index is 13.1. The van der Waals surface area contributed by atoms with E-state index in [1.165, 1.54) is 30.1 Å². The Balaban J connectivity index is 2.02. The molecule has 126 valence electrons. The number of phenols is 1. The van der Waals surface area contributed by atoms with Crippen molar-refractivity contribution in [3.05, 3.63) is 60.7 Å². The molecule has 3 aromatic carbocycles. The van der Waals surface area contributed by atoms with E-state index in [2.05, 4.69) is 0 Å². The molecular formula is C18H14N2O4S. The number of rotatable bonds is 1. The molecule has 0 unspecified atom stereocenters. The maximum atomic E-state index is 13.1. The van der Waals surface area contributed by atoms with Gasteiger partial charge in [0.2, 0.25) is 0 Å². The third kappa shape index (κ3) is 2.16. The van der Waals surface area contributed by atoms with E-state index in [0.29, 0.717) is 11.1 Å². The summed E-state index contributed by atoms with van der Waals surface area (Å²) in [5, 5.41) is 11.1. The number of carbonyl (C=O) groups excluding carboxylic acids is 1. The first-order chi connectivity index (χ1) is 11.9. The molecule has 0 radical (unpaired) electrons. The Morgan fingerprint density at radius 1 is 0.920 bits per heavy atom. The van der Waals surface area contributed by atoms with E-state index in [9.17, 15) is 18.3 Å². The third-order valence-electron chi connectivity index (χ3n) is 4.27. The molecule has 0 saturated carbocycles. The summed E-state index contributed by atoms with van der Waals surface area (Å²) in [5.74, 6) is -0.104. The summed E-state index contributed by atoms with van der Waals surface area (Å²) in [6, 6.07) is 15.6. The minimum atomic E-state index is -4.10. The predicted octanol–water partition coefficient (Wildman–Crippen LogP) is 3.31. The summed E-state index contributed by atoms with van der Waals surface area (Å²) in [5.41, 5.74) is 0.454. The van der Waals surface area contributed by atoms with Crippen LogP contribution in [0.3, 0.4) is 0 Å². The number of amides is 2. The molecule has 1 aliphatic rings. The van der Waals surface area contributed by atoms with Crippen molar-refractivity contribution >= 4 is 38.2 Å². The molecular weight excluding hydrogens is 340 g/mol. The first-order valence-electron chi connectivity index (χ1n) is 7.55. The van der Waals surface area contributed by atoms with Crippen LogP contribution in [0.5, 0.6) is 5.75 Å². The summed E-state index contributed by atoms with van der Waals surface area (Å²) in [4.78, 5) is 14.0. The van der Waals surface area contributed by atoms with Gasteiger partial charge in [-0.05, 0) is 23.6 Å². The van der Waals surface area contributed by atoms with Crippen LogP contribution in [-0.2, 0) is 10.0 Å². The van der Waals surface area contributed by atoms with Gasteiger partial charge >= 0.3 is 6.03 Å². The highest BCUT2D eigenvalue weighted by molar-refractivity contribution is 7.94. The number of sulfonamides is 1. The Bertz CT molecular complexity index is 1120. The number of hydrogen-bond acceptors (Lipinski definition) is 4. The Morgan fingerprint density at radius 3 is 2.44 bits per heavy atom. The van der Waals surface area contributed by atoms with Crippen LogP contribution >= 0.6 is 0 Å². The molecule has 0 aliphatic carbocycles. The summed E-state index contributed by atoms with van der Waals surface area (Å²) < 4.78 is 27.0. The lowest BCUT2D eigenvalue weighted by molar-refractivity contribution is 0.255. The first-order valence-corrected chi connectivity index (χ1v) is 8.99. The summed E-state index contributed by atoms with van der Waals surface area (Å²) in [6.45, 7) is 0. The van der Waals surface area contributed by atoms with E-state index < -0.39 is 16.1 Å². The highest BCUT2D eigenvalue weighted by Gasteiger charge is 2.41. The third-order valence-corrected chi connectivity index (χ3v) is 6.00. The highest BCUT2D eigenvalue weighted by atomic mass is 32.2. The Morgan fingerprint density at radius 2 is 1.64 bits per heavy atom. The van der Waals surface area contributed by atoms with E-state index in [4.69, 9.17) is 0 Å². The fraction of sp³-hybridized carbons (Fsp3) is 0.0556. The van der Waals surface area contributed by atoms with Crippen LogP contribution in [0.2, 0.25) is 0 Å². The summed E-state index contributed by atoms with van der Waals surface area (Å²) in [6.07, 6.45) is 0. The average molecular weight is 354 g/mol. The molecule has 1 aliphatic heterocycles. The minimum absolute atomic E-state index is 0.0275. The molecule has 2 amide bonds. The SMILES string of the molecule is CN1C(=O)N(c2cccc3ccccc23)S(=O)(=O)c2ccc(O)cc21. The number of nitrogens with zero attached hydrogens (tertiary/aromatic N) is 2. The second-order valence-electron chi connectivity index (χ2n) is 5.76. The van der Waals surface area contributed by atoms with E-state index >= 15 is 0 Å². The molecule has 6 nitrogen and oxygen atoms in total. The molecule has 0 saturated heterocycles. The molecule has 0 aromatic heterocycles. The van der Waals surface area contributed by atoms with Crippen LogP contribution in [0.25, 0.3) is 10.8 Å². The summed E-state index contributed by atoms with van der Waals surface area (Å²) in [7, 11) is -2.62. The molecule has 1 N–H and O–H groups in total. The van der Waals surface area contributed by atoms with Gasteiger partial charge in [0.1, 0.15) is 10.6 Å². The molecule has 3 aromatic rings. The smallest absolute Gasteiger partial charge is 0.342 e. The number of hydrogen-bond donors (Lipinski definition) is 1. The second-order valence-corrected chi connectivity index (χ2v) is 7.52. The Kier molecular flexibility index (Phi) is 3.23. The quantitative estimate of drug-likeness (QED) is 0.727. The molecule has 0 bridgehead atoms. The molecule has 7 heteroatoms. The fourth-order valence-electron chi connectivity index (χ4n) is 3.04. The zero-order valence-electron chi connectivity index (χ0n) is 13.2. The van der Waals surface area contributed by atoms with Crippen LogP contribution in [0.4, 0.5) is 16.2 Å². The van der Waals surface area contributed by atoms with E-state index in [1.807, 2.05) is 18.2 Å². The van der Waals surface area contributed by atoms with Crippen molar-refractivity contribution in [2.45, 2.75) is 4.90 Å². The number of benzene rings is 3. The van der Waals surface area contributed by atoms with Gasteiger partial charge in [0.25, 0.3) is 10.0 Å². The van der Waals surface area contributed by atoms with Crippen LogP contribution in [0, 0.1) is 0 Å². The largest absolute Gasteiger partial charge is 0.508 e. The number of phenolic OH excluding ortho intramolecular Hbond substituents is 1. The van der Waals surface area contributed by atoms with Crippen LogP contribution in [-0.4, -0.2) is 26.6 Å². The molecule has 0 atom stereocenters. The van der Waals surface area contributed by atoms with Crippen molar-refractivity contribution in [1.29, 1.82) is 0 Å².